The molecule has 0 aromatic heterocycles. The largest absolute Gasteiger partial charge is 0.494 e. The molecule has 2 rings (SSSR count). The summed E-state index contributed by atoms with van der Waals surface area (Å²) in [4.78, 5) is 13.6. The molecule has 1 heterocycles. The maximum absolute atomic E-state index is 12.1. The molecule has 104 valence electrons. The number of benzene rings is 1. The summed E-state index contributed by atoms with van der Waals surface area (Å²) < 4.78 is 5.36. The SMILES string of the molecule is CCOc1ccc(C(=O)NN2CC[NH+](C)CC2)cc1. The Kier molecular flexibility index (Phi) is 4.76. The smallest absolute Gasteiger partial charge is 0.265 e. The Hall–Kier alpha value is -1.59. The molecule has 0 radical (unpaired) electrons. The summed E-state index contributed by atoms with van der Waals surface area (Å²) in [5.41, 5.74) is 3.61. The number of likely N-dealkylation sites (N-methyl/N-ethyl adjacent to an activating group) is 1. The van der Waals surface area contributed by atoms with Gasteiger partial charge in [-0.2, -0.15) is 0 Å². The molecule has 5 heteroatoms. The zero-order valence-corrected chi connectivity index (χ0v) is 11.6. The fourth-order valence-corrected chi connectivity index (χ4v) is 2.08. The first-order valence-electron chi connectivity index (χ1n) is 6.79. The van der Waals surface area contributed by atoms with Crippen molar-refractivity contribution in [2.75, 3.05) is 39.8 Å². The molecule has 1 saturated heterocycles. The fraction of sp³-hybridized carbons (Fsp3) is 0.500. The number of hydrogen-bond donors (Lipinski definition) is 2. The summed E-state index contributed by atoms with van der Waals surface area (Å²) in [5.74, 6) is 0.741. The van der Waals surface area contributed by atoms with E-state index >= 15 is 0 Å². The van der Waals surface area contributed by atoms with Gasteiger partial charge in [0.25, 0.3) is 5.91 Å². The molecule has 0 atom stereocenters. The number of nitrogens with one attached hydrogen (secondary N) is 2. The van der Waals surface area contributed by atoms with Crippen molar-refractivity contribution >= 4 is 5.91 Å². The number of hydrogen-bond acceptors (Lipinski definition) is 3. The number of piperazine rings is 1. The van der Waals surface area contributed by atoms with Gasteiger partial charge in [-0.3, -0.25) is 10.2 Å². The average Bonchev–Trinajstić information content (AvgIpc) is 2.42. The van der Waals surface area contributed by atoms with E-state index in [1.807, 2.05) is 24.1 Å². The van der Waals surface area contributed by atoms with E-state index in [2.05, 4.69) is 12.5 Å². The van der Waals surface area contributed by atoms with Crippen molar-refractivity contribution < 1.29 is 14.4 Å². The van der Waals surface area contributed by atoms with Gasteiger partial charge >= 0.3 is 0 Å². The zero-order chi connectivity index (χ0) is 13.7. The second-order valence-corrected chi connectivity index (χ2v) is 4.84. The van der Waals surface area contributed by atoms with Crippen LogP contribution in [0.2, 0.25) is 0 Å². The summed E-state index contributed by atoms with van der Waals surface area (Å²) in [6.45, 7) is 6.49. The number of carbonyl (C=O) groups is 1. The van der Waals surface area contributed by atoms with Crippen molar-refractivity contribution in [1.82, 2.24) is 10.4 Å². The van der Waals surface area contributed by atoms with Gasteiger partial charge in [0.2, 0.25) is 0 Å². The number of ether oxygens (including phenoxy) is 1. The Morgan fingerprint density at radius 1 is 1.32 bits per heavy atom. The third-order valence-corrected chi connectivity index (χ3v) is 3.30. The van der Waals surface area contributed by atoms with Gasteiger partial charge in [-0.1, -0.05) is 0 Å². The van der Waals surface area contributed by atoms with E-state index in [0.29, 0.717) is 12.2 Å². The number of amides is 1. The minimum absolute atomic E-state index is 0.0531. The van der Waals surface area contributed by atoms with Crippen LogP contribution in [0.25, 0.3) is 0 Å². The van der Waals surface area contributed by atoms with Crippen molar-refractivity contribution in [2.24, 2.45) is 0 Å². The predicted molar refractivity (Wildman–Crippen MR) is 73.3 cm³/mol. The zero-order valence-electron chi connectivity index (χ0n) is 11.6. The standard InChI is InChI=1S/C14H21N3O2/c1-3-19-13-6-4-12(5-7-13)14(18)15-17-10-8-16(2)9-11-17/h4-7H,3,8-11H2,1-2H3,(H,15,18)/p+1. The van der Waals surface area contributed by atoms with Crippen LogP contribution in [-0.2, 0) is 0 Å². The average molecular weight is 264 g/mol. The maximum atomic E-state index is 12.1. The van der Waals surface area contributed by atoms with E-state index < -0.39 is 0 Å². The van der Waals surface area contributed by atoms with E-state index in [1.54, 1.807) is 12.1 Å². The molecule has 19 heavy (non-hydrogen) atoms. The molecule has 1 aromatic rings. The van der Waals surface area contributed by atoms with E-state index in [1.165, 1.54) is 4.90 Å². The first kappa shape index (κ1) is 13.8. The molecule has 0 saturated carbocycles. The molecule has 2 N–H and O–H groups in total. The molecule has 5 nitrogen and oxygen atoms in total. The normalized spacial score (nSPS) is 17.2. The van der Waals surface area contributed by atoms with Crippen LogP contribution in [0.3, 0.4) is 0 Å². The summed E-state index contributed by atoms with van der Waals surface area (Å²) in [5, 5.41) is 1.99. The summed E-state index contributed by atoms with van der Waals surface area (Å²) in [6, 6.07) is 7.24. The molecule has 1 aliphatic rings. The fourth-order valence-electron chi connectivity index (χ4n) is 2.08. The third-order valence-electron chi connectivity index (χ3n) is 3.30. The van der Waals surface area contributed by atoms with Gasteiger partial charge < -0.3 is 9.64 Å². The Balaban J connectivity index is 1.88. The highest BCUT2D eigenvalue weighted by Crippen LogP contribution is 2.12. The van der Waals surface area contributed by atoms with Gasteiger partial charge in [-0.25, -0.2) is 5.01 Å². The highest BCUT2D eigenvalue weighted by Gasteiger charge is 2.18. The summed E-state index contributed by atoms with van der Waals surface area (Å²) in [6.07, 6.45) is 0. The second-order valence-electron chi connectivity index (χ2n) is 4.84. The lowest BCUT2D eigenvalue weighted by Crippen LogP contribution is -3.12. The molecule has 1 amide bonds. The van der Waals surface area contributed by atoms with Crippen LogP contribution in [-0.4, -0.2) is 50.7 Å². The second kappa shape index (κ2) is 6.54. The molecule has 0 aliphatic carbocycles. The van der Waals surface area contributed by atoms with Crippen LogP contribution in [0.1, 0.15) is 17.3 Å². The van der Waals surface area contributed by atoms with Crippen molar-refractivity contribution in [3.05, 3.63) is 29.8 Å². The lowest BCUT2D eigenvalue weighted by molar-refractivity contribution is -0.884. The van der Waals surface area contributed by atoms with E-state index in [-0.39, 0.29) is 5.91 Å². The van der Waals surface area contributed by atoms with Crippen molar-refractivity contribution in [1.29, 1.82) is 0 Å². The van der Waals surface area contributed by atoms with Crippen LogP contribution < -0.4 is 15.1 Å². The summed E-state index contributed by atoms with van der Waals surface area (Å²) >= 11 is 0. The molecule has 1 fully saturated rings. The van der Waals surface area contributed by atoms with Crippen molar-refractivity contribution in [3.8, 4) is 5.75 Å². The number of rotatable bonds is 4. The molecule has 0 unspecified atom stereocenters. The number of carbonyl (C=O) groups excluding carboxylic acids is 1. The van der Waals surface area contributed by atoms with E-state index in [4.69, 9.17) is 4.74 Å². The van der Waals surface area contributed by atoms with Gasteiger partial charge in [-0.15, -0.1) is 0 Å². The molecular weight excluding hydrogens is 242 g/mol. The number of nitrogens with zero attached hydrogens (tertiary/aromatic N) is 1. The lowest BCUT2D eigenvalue weighted by atomic mass is 10.2. The minimum atomic E-state index is -0.0531. The molecular formula is C14H22N3O2+. The Bertz CT molecular complexity index is 411. The van der Waals surface area contributed by atoms with Crippen molar-refractivity contribution in [3.63, 3.8) is 0 Å². The monoisotopic (exact) mass is 264 g/mol. The van der Waals surface area contributed by atoms with Gasteiger partial charge in [0, 0.05) is 5.56 Å². The minimum Gasteiger partial charge on any atom is -0.494 e. The van der Waals surface area contributed by atoms with Crippen LogP contribution in [0.15, 0.2) is 24.3 Å². The molecule has 0 bridgehead atoms. The van der Waals surface area contributed by atoms with Crippen LogP contribution >= 0.6 is 0 Å². The van der Waals surface area contributed by atoms with Gasteiger partial charge in [-0.05, 0) is 31.2 Å². The Morgan fingerprint density at radius 3 is 2.53 bits per heavy atom. The third kappa shape index (κ3) is 3.94. The van der Waals surface area contributed by atoms with Crippen LogP contribution in [0.4, 0.5) is 0 Å². The Labute approximate surface area is 114 Å². The molecule has 0 spiro atoms. The van der Waals surface area contributed by atoms with E-state index in [0.717, 1.165) is 31.9 Å². The lowest BCUT2D eigenvalue weighted by Gasteiger charge is -2.30. The van der Waals surface area contributed by atoms with Gasteiger partial charge in [0.15, 0.2) is 0 Å². The van der Waals surface area contributed by atoms with Crippen LogP contribution in [0, 0.1) is 0 Å². The van der Waals surface area contributed by atoms with Crippen LogP contribution in [0.5, 0.6) is 5.75 Å². The van der Waals surface area contributed by atoms with E-state index in [9.17, 15) is 4.79 Å². The predicted octanol–water partition coefficient (Wildman–Crippen LogP) is -0.440. The molecule has 1 aromatic carbocycles. The topological polar surface area (TPSA) is 46.0 Å². The van der Waals surface area contributed by atoms with Crippen molar-refractivity contribution in [2.45, 2.75) is 6.92 Å². The summed E-state index contributed by atoms with van der Waals surface area (Å²) in [7, 11) is 2.17. The molecule has 1 aliphatic heterocycles. The maximum Gasteiger partial charge on any atom is 0.265 e. The highest BCUT2D eigenvalue weighted by atomic mass is 16.5. The number of hydrazine groups is 1. The first-order chi connectivity index (χ1) is 9.19. The first-order valence-corrected chi connectivity index (χ1v) is 6.79. The van der Waals surface area contributed by atoms with Gasteiger partial charge in [0.1, 0.15) is 5.75 Å². The Morgan fingerprint density at radius 2 is 1.95 bits per heavy atom. The highest BCUT2D eigenvalue weighted by molar-refractivity contribution is 5.93. The number of quaternary nitrogens is 1. The quantitative estimate of drug-likeness (QED) is 0.775. The van der Waals surface area contributed by atoms with Gasteiger partial charge in [0.05, 0.1) is 39.8 Å².